The Morgan fingerprint density at radius 1 is 0.931 bits per heavy atom. The van der Waals surface area contributed by atoms with E-state index in [0.29, 0.717) is 17.3 Å². The topological polar surface area (TPSA) is 78.5 Å². The number of carbonyl (C=O) groups is 3. The van der Waals surface area contributed by atoms with Crippen molar-refractivity contribution in [2.45, 2.75) is 76.8 Å². The zero-order chi connectivity index (χ0) is 20.8. The molecule has 158 valence electrons. The van der Waals surface area contributed by atoms with Gasteiger partial charge in [-0.15, -0.1) is 0 Å². The van der Waals surface area contributed by atoms with Crippen LogP contribution in [0.4, 0.5) is 5.69 Å². The summed E-state index contributed by atoms with van der Waals surface area (Å²) in [5.41, 5.74) is 1.27. The molecule has 2 aliphatic rings. The van der Waals surface area contributed by atoms with Crippen molar-refractivity contribution in [3.8, 4) is 0 Å². The predicted octanol–water partition coefficient (Wildman–Crippen LogP) is 3.72. The summed E-state index contributed by atoms with van der Waals surface area (Å²) in [5, 5.41) is 5.72. The van der Waals surface area contributed by atoms with Crippen LogP contribution in [0.2, 0.25) is 0 Å². The fourth-order valence-corrected chi connectivity index (χ4v) is 4.66. The zero-order valence-corrected chi connectivity index (χ0v) is 17.6. The maximum absolute atomic E-state index is 12.8. The molecule has 1 aromatic carbocycles. The molecule has 3 rings (SSSR count). The molecule has 6 nitrogen and oxygen atoms in total. The number of rotatable bonds is 6. The summed E-state index contributed by atoms with van der Waals surface area (Å²) in [5.74, 6) is -0.171. The van der Waals surface area contributed by atoms with Gasteiger partial charge in [-0.05, 0) is 55.9 Å². The van der Waals surface area contributed by atoms with Crippen LogP contribution in [0.1, 0.15) is 75.1 Å². The Morgan fingerprint density at radius 3 is 2.10 bits per heavy atom. The van der Waals surface area contributed by atoms with E-state index < -0.39 is 6.04 Å². The van der Waals surface area contributed by atoms with Crippen LogP contribution in [0.15, 0.2) is 24.3 Å². The average molecular weight is 400 g/mol. The number of nitrogens with zero attached hydrogens (tertiary/aromatic N) is 1. The smallest absolute Gasteiger partial charge is 0.253 e. The van der Waals surface area contributed by atoms with Gasteiger partial charge in [0.15, 0.2) is 0 Å². The standard InChI is InChI=1S/C23H33N3O3/c1-16(27)24-21(17-8-6-7-9-17)22(28)25-19-14-12-18(13-15-19)23(29)26(2)20-10-4-3-5-11-20/h12-15,17,20-21H,3-11H2,1-2H3,(H,24,27)(H,25,28). The minimum absolute atomic E-state index is 0.0249. The van der Waals surface area contributed by atoms with Gasteiger partial charge < -0.3 is 15.5 Å². The van der Waals surface area contributed by atoms with Gasteiger partial charge >= 0.3 is 0 Å². The monoisotopic (exact) mass is 399 g/mol. The van der Waals surface area contributed by atoms with Crippen molar-refractivity contribution < 1.29 is 14.4 Å². The summed E-state index contributed by atoms with van der Waals surface area (Å²) < 4.78 is 0. The second-order valence-corrected chi connectivity index (χ2v) is 8.50. The van der Waals surface area contributed by atoms with E-state index in [-0.39, 0.29) is 23.6 Å². The van der Waals surface area contributed by atoms with Gasteiger partial charge in [0.25, 0.3) is 5.91 Å². The molecule has 0 spiro atoms. The lowest BCUT2D eigenvalue weighted by Crippen LogP contribution is -2.47. The van der Waals surface area contributed by atoms with Crippen molar-refractivity contribution in [2.75, 3.05) is 12.4 Å². The third-order valence-electron chi connectivity index (χ3n) is 6.35. The molecule has 0 radical (unpaired) electrons. The highest BCUT2D eigenvalue weighted by molar-refractivity contribution is 5.98. The molecule has 1 unspecified atom stereocenters. The third-order valence-corrected chi connectivity index (χ3v) is 6.35. The molecule has 0 aliphatic heterocycles. The number of anilines is 1. The molecule has 2 saturated carbocycles. The number of benzene rings is 1. The quantitative estimate of drug-likeness (QED) is 0.765. The fourth-order valence-electron chi connectivity index (χ4n) is 4.66. The molecule has 2 aliphatic carbocycles. The highest BCUT2D eigenvalue weighted by Gasteiger charge is 2.31. The molecule has 0 saturated heterocycles. The number of carbonyl (C=O) groups excluding carboxylic acids is 3. The Morgan fingerprint density at radius 2 is 1.52 bits per heavy atom. The molecule has 0 heterocycles. The van der Waals surface area contributed by atoms with Gasteiger partial charge in [-0.2, -0.15) is 0 Å². The summed E-state index contributed by atoms with van der Waals surface area (Å²) in [6.07, 6.45) is 9.88. The van der Waals surface area contributed by atoms with E-state index in [2.05, 4.69) is 10.6 Å². The van der Waals surface area contributed by atoms with Gasteiger partial charge in [0.05, 0.1) is 0 Å². The lowest BCUT2D eigenvalue weighted by molar-refractivity contribution is -0.126. The van der Waals surface area contributed by atoms with E-state index in [9.17, 15) is 14.4 Å². The lowest BCUT2D eigenvalue weighted by Gasteiger charge is -2.31. The largest absolute Gasteiger partial charge is 0.344 e. The summed E-state index contributed by atoms with van der Waals surface area (Å²) in [4.78, 5) is 38.9. The number of hydrogen-bond acceptors (Lipinski definition) is 3. The van der Waals surface area contributed by atoms with Gasteiger partial charge in [-0.1, -0.05) is 32.1 Å². The van der Waals surface area contributed by atoms with Crippen LogP contribution in [-0.4, -0.2) is 41.8 Å². The first-order valence-corrected chi connectivity index (χ1v) is 10.9. The number of hydrogen-bond donors (Lipinski definition) is 2. The minimum Gasteiger partial charge on any atom is -0.344 e. The molecule has 29 heavy (non-hydrogen) atoms. The highest BCUT2D eigenvalue weighted by Crippen LogP contribution is 2.28. The minimum atomic E-state index is -0.506. The number of amides is 3. The Bertz CT molecular complexity index is 719. The van der Waals surface area contributed by atoms with E-state index in [1.807, 2.05) is 11.9 Å². The summed E-state index contributed by atoms with van der Waals surface area (Å²) in [6, 6.07) is 6.87. The highest BCUT2D eigenvalue weighted by atomic mass is 16.2. The zero-order valence-electron chi connectivity index (χ0n) is 17.6. The molecular weight excluding hydrogens is 366 g/mol. The molecule has 2 fully saturated rings. The van der Waals surface area contributed by atoms with E-state index >= 15 is 0 Å². The van der Waals surface area contributed by atoms with Crippen LogP contribution in [0, 0.1) is 5.92 Å². The molecule has 3 amide bonds. The Balaban J connectivity index is 1.62. The number of nitrogens with one attached hydrogen (secondary N) is 2. The Kier molecular flexibility index (Phi) is 7.29. The van der Waals surface area contributed by atoms with Crippen LogP contribution in [0.25, 0.3) is 0 Å². The summed E-state index contributed by atoms with van der Waals surface area (Å²) >= 11 is 0. The van der Waals surface area contributed by atoms with Crippen LogP contribution in [0.3, 0.4) is 0 Å². The first kappa shape index (κ1) is 21.3. The molecule has 0 bridgehead atoms. The van der Waals surface area contributed by atoms with Gasteiger partial charge in [0.2, 0.25) is 11.8 Å². The van der Waals surface area contributed by atoms with Gasteiger partial charge in [0.1, 0.15) is 6.04 Å². The van der Waals surface area contributed by atoms with E-state index in [1.54, 1.807) is 24.3 Å². The Hall–Kier alpha value is -2.37. The maximum atomic E-state index is 12.8. The van der Waals surface area contributed by atoms with Crippen molar-refractivity contribution in [3.63, 3.8) is 0 Å². The van der Waals surface area contributed by atoms with Gasteiger partial charge in [-0.3, -0.25) is 14.4 Å². The third kappa shape index (κ3) is 5.58. The van der Waals surface area contributed by atoms with Crippen LogP contribution in [0.5, 0.6) is 0 Å². The second kappa shape index (κ2) is 9.90. The Labute approximate surface area is 173 Å². The first-order valence-electron chi connectivity index (χ1n) is 10.9. The molecule has 1 aromatic rings. The SMILES string of the molecule is CC(=O)NC(C(=O)Nc1ccc(C(=O)N(C)C2CCCCC2)cc1)C1CCCC1. The van der Waals surface area contributed by atoms with Crippen molar-refractivity contribution in [2.24, 2.45) is 5.92 Å². The van der Waals surface area contributed by atoms with Crippen LogP contribution < -0.4 is 10.6 Å². The van der Waals surface area contributed by atoms with Crippen LogP contribution >= 0.6 is 0 Å². The van der Waals surface area contributed by atoms with E-state index in [4.69, 9.17) is 0 Å². The average Bonchev–Trinajstić information content (AvgIpc) is 3.26. The van der Waals surface area contributed by atoms with Crippen molar-refractivity contribution in [1.82, 2.24) is 10.2 Å². The fraction of sp³-hybridized carbons (Fsp3) is 0.609. The molecular formula is C23H33N3O3. The summed E-state index contributed by atoms with van der Waals surface area (Å²) in [7, 11) is 1.88. The van der Waals surface area contributed by atoms with Crippen LogP contribution in [-0.2, 0) is 9.59 Å². The molecule has 1 atom stereocenters. The molecule has 0 aromatic heterocycles. The van der Waals surface area contributed by atoms with Gasteiger partial charge in [-0.25, -0.2) is 0 Å². The van der Waals surface area contributed by atoms with Crippen molar-refractivity contribution in [3.05, 3.63) is 29.8 Å². The van der Waals surface area contributed by atoms with Crippen molar-refractivity contribution in [1.29, 1.82) is 0 Å². The second-order valence-electron chi connectivity index (χ2n) is 8.50. The maximum Gasteiger partial charge on any atom is 0.253 e. The van der Waals surface area contributed by atoms with Crippen molar-refractivity contribution >= 4 is 23.4 Å². The van der Waals surface area contributed by atoms with E-state index in [1.165, 1.54) is 26.2 Å². The first-order chi connectivity index (χ1) is 14.0. The van der Waals surface area contributed by atoms with Gasteiger partial charge in [0, 0.05) is 31.3 Å². The molecule has 2 N–H and O–H groups in total. The summed E-state index contributed by atoms with van der Waals surface area (Å²) in [6.45, 7) is 1.44. The molecule has 6 heteroatoms. The lowest BCUT2D eigenvalue weighted by atomic mass is 9.94. The van der Waals surface area contributed by atoms with E-state index in [0.717, 1.165) is 38.5 Å². The predicted molar refractivity (Wildman–Crippen MR) is 114 cm³/mol. The normalized spacial score (nSPS) is 18.8.